The summed E-state index contributed by atoms with van der Waals surface area (Å²) in [5, 5.41) is 0. The monoisotopic (exact) mass is 170 g/mol. The van der Waals surface area contributed by atoms with Crippen molar-refractivity contribution >= 4 is 17.5 Å². The van der Waals surface area contributed by atoms with Crippen LogP contribution >= 0.6 is 0 Å². The smallest absolute Gasteiger partial charge is 0.379 e. The van der Waals surface area contributed by atoms with Gasteiger partial charge in [0, 0.05) is 0 Å². The zero-order valence-corrected chi connectivity index (χ0v) is 7.05. The molecule has 0 fully saturated rings. The van der Waals surface area contributed by atoms with E-state index in [0.29, 0.717) is 0 Å². The largest absolute Gasteiger partial charge is 0.460 e. The van der Waals surface area contributed by atoms with Gasteiger partial charge in [-0.1, -0.05) is 6.58 Å². The third-order valence-electron chi connectivity index (χ3n) is 1.16. The van der Waals surface area contributed by atoms with Crippen molar-refractivity contribution in [1.29, 1.82) is 0 Å². The molecule has 0 rings (SSSR count). The van der Waals surface area contributed by atoms with Gasteiger partial charge in [-0.2, -0.15) is 0 Å². The second kappa shape index (κ2) is 4.43. The Kier molecular flexibility index (Phi) is 3.90. The second-order valence-electron chi connectivity index (χ2n) is 2.08. The van der Waals surface area contributed by atoms with Crippen molar-refractivity contribution in [2.75, 3.05) is 6.61 Å². The minimum Gasteiger partial charge on any atom is -0.460 e. The maximum Gasteiger partial charge on any atom is 0.379 e. The molecule has 0 aromatic carbocycles. The first-order chi connectivity index (χ1) is 5.50. The van der Waals surface area contributed by atoms with Gasteiger partial charge >= 0.3 is 5.97 Å². The van der Waals surface area contributed by atoms with Gasteiger partial charge < -0.3 is 4.74 Å². The van der Waals surface area contributed by atoms with Gasteiger partial charge in [-0.15, -0.1) is 0 Å². The first-order valence-corrected chi connectivity index (χ1v) is 3.42. The summed E-state index contributed by atoms with van der Waals surface area (Å²) in [5.74, 6) is -2.52. The average molecular weight is 170 g/mol. The number of Topliss-reactive ketones (excluding diaryl/α,β-unsaturated/α-hetero) is 2. The van der Waals surface area contributed by atoms with E-state index in [1.165, 1.54) is 6.92 Å². The highest BCUT2D eigenvalue weighted by Gasteiger charge is 2.20. The lowest BCUT2D eigenvalue weighted by Crippen LogP contribution is -2.21. The maximum atomic E-state index is 10.9. The minimum atomic E-state index is -1.03. The Hall–Kier alpha value is -1.45. The normalized spacial score (nSPS) is 8.83. The van der Waals surface area contributed by atoms with Crippen LogP contribution in [0.3, 0.4) is 0 Å². The molecule has 0 aliphatic heterocycles. The molecule has 0 saturated heterocycles. The molecule has 4 heteroatoms. The van der Waals surface area contributed by atoms with E-state index in [0.717, 1.165) is 0 Å². The molecule has 0 saturated carbocycles. The minimum absolute atomic E-state index is 0.107. The fraction of sp³-hybridized carbons (Fsp3) is 0.375. The molecular formula is C8H10O4. The quantitative estimate of drug-likeness (QED) is 0.200. The number of ketones is 2. The van der Waals surface area contributed by atoms with Crippen LogP contribution in [0.25, 0.3) is 0 Å². The molecule has 0 unspecified atom stereocenters. The third-order valence-corrected chi connectivity index (χ3v) is 1.16. The Morgan fingerprint density at radius 1 is 1.33 bits per heavy atom. The van der Waals surface area contributed by atoms with Crippen molar-refractivity contribution in [3.05, 3.63) is 12.2 Å². The van der Waals surface area contributed by atoms with E-state index in [4.69, 9.17) is 0 Å². The summed E-state index contributed by atoms with van der Waals surface area (Å²) < 4.78 is 4.37. The zero-order chi connectivity index (χ0) is 9.72. The molecular weight excluding hydrogens is 160 g/mol. The third kappa shape index (κ3) is 2.65. The van der Waals surface area contributed by atoms with Crippen LogP contribution in [0.4, 0.5) is 0 Å². The topological polar surface area (TPSA) is 60.4 Å². The van der Waals surface area contributed by atoms with Crippen LogP contribution < -0.4 is 0 Å². The van der Waals surface area contributed by atoms with Gasteiger partial charge in [0.05, 0.1) is 12.2 Å². The van der Waals surface area contributed by atoms with E-state index in [1.807, 2.05) is 0 Å². The SMILES string of the molecule is C=C(C(C)=O)C(=O)C(=O)OCC. The molecule has 0 spiro atoms. The molecule has 0 N–H and O–H groups in total. The molecule has 0 aromatic rings. The van der Waals surface area contributed by atoms with Crippen LogP contribution in [0.2, 0.25) is 0 Å². The van der Waals surface area contributed by atoms with Crippen molar-refractivity contribution < 1.29 is 19.1 Å². The lowest BCUT2D eigenvalue weighted by molar-refractivity contribution is -0.152. The van der Waals surface area contributed by atoms with Gasteiger partial charge in [0.15, 0.2) is 5.78 Å². The van der Waals surface area contributed by atoms with Crippen LogP contribution in [0.1, 0.15) is 13.8 Å². The fourth-order valence-corrected chi connectivity index (χ4v) is 0.480. The first-order valence-electron chi connectivity index (χ1n) is 3.42. The van der Waals surface area contributed by atoms with Crippen LogP contribution in [-0.2, 0) is 19.1 Å². The number of carbonyl (C=O) groups excluding carboxylic acids is 3. The summed E-state index contributed by atoms with van der Waals surface area (Å²) in [6, 6.07) is 0. The zero-order valence-electron chi connectivity index (χ0n) is 7.05. The molecule has 0 atom stereocenters. The van der Waals surface area contributed by atoms with E-state index >= 15 is 0 Å². The Labute approximate surface area is 70.2 Å². The molecule has 66 valence electrons. The number of rotatable bonds is 4. The van der Waals surface area contributed by atoms with Gasteiger partial charge in [0.25, 0.3) is 5.78 Å². The van der Waals surface area contributed by atoms with E-state index in [2.05, 4.69) is 11.3 Å². The van der Waals surface area contributed by atoms with Crippen molar-refractivity contribution in [3.63, 3.8) is 0 Å². The van der Waals surface area contributed by atoms with Gasteiger partial charge in [-0.05, 0) is 13.8 Å². The number of esters is 1. The van der Waals surface area contributed by atoms with E-state index in [1.54, 1.807) is 6.92 Å². The van der Waals surface area contributed by atoms with Crippen LogP contribution in [0.5, 0.6) is 0 Å². The van der Waals surface area contributed by atoms with Crippen molar-refractivity contribution in [2.45, 2.75) is 13.8 Å². The van der Waals surface area contributed by atoms with Crippen LogP contribution in [0, 0.1) is 0 Å². The molecule has 0 heterocycles. The summed E-state index contributed by atoms with van der Waals surface area (Å²) in [4.78, 5) is 32.1. The highest BCUT2D eigenvalue weighted by atomic mass is 16.5. The van der Waals surface area contributed by atoms with Crippen molar-refractivity contribution in [3.8, 4) is 0 Å². The molecule has 0 bridgehead atoms. The molecule has 0 amide bonds. The Morgan fingerprint density at radius 2 is 1.83 bits per heavy atom. The summed E-state index contributed by atoms with van der Waals surface area (Å²) in [6.07, 6.45) is 0. The molecule has 4 nitrogen and oxygen atoms in total. The molecule has 0 radical (unpaired) electrons. The first kappa shape index (κ1) is 10.6. The number of carbonyl (C=O) groups is 3. The Bertz CT molecular complexity index is 239. The van der Waals surface area contributed by atoms with E-state index < -0.39 is 17.5 Å². The predicted molar refractivity (Wildman–Crippen MR) is 41.5 cm³/mol. The van der Waals surface area contributed by atoms with E-state index in [9.17, 15) is 14.4 Å². The Balaban J connectivity index is 4.30. The van der Waals surface area contributed by atoms with Gasteiger partial charge in [-0.25, -0.2) is 4.79 Å². The average Bonchev–Trinajstić information content (AvgIpc) is 2.02. The molecule has 0 aliphatic rings. The van der Waals surface area contributed by atoms with Crippen molar-refractivity contribution in [1.82, 2.24) is 0 Å². The summed E-state index contributed by atoms with van der Waals surface area (Å²) >= 11 is 0. The Morgan fingerprint density at radius 3 is 2.17 bits per heavy atom. The van der Waals surface area contributed by atoms with Gasteiger partial charge in [0.2, 0.25) is 0 Å². The molecule has 12 heavy (non-hydrogen) atoms. The fourth-order valence-electron chi connectivity index (χ4n) is 0.480. The highest BCUT2D eigenvalue weighted by molar-refractivity contribution is 6.46. The molecule has 0 aliphatic carbocycles. The van der Waals surface area contributed by atoms with Gasteiger partial charge in [-0.3, -0.25) is 9.59 Å². The number of hydrogen-bond acceptors (Lipinski definition) is 4. The summed E-state index contributed by atoms with van der Waals surface area (Å²) in [6.45, 7) is 6.00. The lowest BCUT2D eigenvalue weighted by Gasteiger charge is -1.99. The lowest BCUT2D eigenvalue weighted by atomic mass is 10.1. The second-order valence-corrected chi connectivity index (χ2v) is 2.08. The number of ether oxygens (including phenoxy) is 1. The van der Waals surface area contributed by atoms with E-state index in [-0.39, 0.29) is 12.2 Å². The van der Waals surface area contributed by atoms with Gasteiger partial charge in [0.1, 0.15) is 0 Å². The summed E-state index contributed by atoms with van der Waals surface area (Å²) in [5.41, 5.74) is -0.339. The molecule has 0 aromatic heterocycles. The van der Waals surface area contributed by atoms with Crippen LogP contribution in [-0.4, -0.2) is 24.1 Å². The van der Waals surface area contributed by atoms with Crippen LogP contribution in [0.15, 0.2) is 12.2 Å². The number of hydrogen-bond donors (Lipinski definition) is 0. The predicted octanol–water partition coefficient (Wildman–Crippen LogP) is 0.264. The maximum absolute atomic E-state index is 10.9. The highest BCUT2D eigenvalue weighted by Crippen LogP contribution is 1.96. The van der Waals surface area contributed by atoms with Crippen molar-refractivity contribution in [2.24, 2.45) is 0 Å². The standard InChI is InChI=1S/C8H10O4/c1-4-12-8(11)7(10)5(2)6(3)9/h2,4H2,1,3H3. The summed E-state index contributed by atoms with van der Waals surface area (Å²) in [7, 11) is 0.